The molecule has 2 aromatic rings. The van der Waals surface area contributed by atoms with Gasteiger partial charge in [-0.2, -0.15) is 0 Å². The van der Waals surface area contributed by atoms with Crippen molar-refractivity contribution in [2.75, 3.05) is 0 Å². The van der Waals surface area contributed by atoms with E-state index in [1.54, 1.807) is 18.2 Å². The van der Waals surface area contributed by atoms with Crippen LogP contribution in [0, 0.1) is 0 Å². The minimum absolute atomic E-state index is 0.229. The second-order valence-electron chi connectivity index (χ2n) is 4.26. The first kappa shape index (κ1) is 15.9. The van der Waals surface area contributed by atoms with Crippen LogP contribution in [0.3, 0.4) is 0 Å². The number of alkyl halides is 3. The van der Waals surface area contributed by atoms with Gasteiger partial charge < -0.3 is 9.15 Å². The fraction of sp³-hybridized carbons (Fsp3) is 0.231. The van der Waals surface area contributed by atoms with Crippen molar-refractivity contribution in [1.82, 2.24) is 5.43 Å². The van der Waals surface area contributed by atoms with Crippen molar-refractivity contribution < 1.29 is 22.3 Å². The highest BCUT2D eigenvalue weighted by atomic mass is 79.9. The van der Waals surface area contributed by atoms with E-state index in [0.717, 1.165) is 11.1 Å². The molecule has 0 saturated carbocycles. The summed E-state index contributed by atoms with van der Waals surface area (Å²) in [5.41, 5.74) is 4.28. The summed E-state index contributed by atoms with van der Waals surface area (Å²) in [5.74, 6) is 5.25. The number of halogens is 4. The highest BCUT2D eigenvalue weighted by molar-refractivity contribution is 9.10. The van der Waals surface area contributed by atoms with E-state index in [9.17, 15) is 13.2 Å². The molecule has 8 heteroatoms. The van der Waals surface area contributed by atoms with Gasteiger partial charge in [0.25, 0.3) is 0 Å². The Morgan fingerprint density at radius 3 is 2.38 bits per heavy atom. The fourth-order valence-electron chi connectivity index (χ4n) is 1.88. The molecule has 4 nitrogen and oxygen atoms in total. The van der Waals surface area contributed by atoms with Gasteiger partial charge in [0.15, 0.2) is 4.67 Å². The molecule has 1 atom stereocenters. The Morgan fingerprint density at radius 1 is 1.24 bits per heavy atom. The van der Waals surface area contributed by atoms with Gasteiger partial charge in [0.1, 0.15) is 5.75 Å². The number of ether oxygens (including phenoxy) is 1. The highest BCUT2D eigenvalue weighted by Crippen LogP contribution is 2.28. The first-order chi connectivity index (χ1) is 9.89. The third-order valence-corrected chi connectivity index (χ3v) is 3.46. The summed E-state index contributed by atoms with van der Waals surface area (Å²) in [6, 6.07) is 7.17. The molecule has 3 N–H and O–H groups in total. The predicted molar refractivity (Wildman–Crippen MR) is 73.3 cm³/mol. The van der Waals surface area contributed by atoms with Crippen LogP contribution in [0.4, 0.5) is 13.2 Å². The van der Waals surface area contributed by atoms with Gasteiger partial charge >= 0.3 is 6.36 Å². The number of hydrogen-bond donors (Lipinski definition) is 2. The summed E-state index contributed by atoms with van der Waals surface area (Å²) in [6.07, 6.45) is -2.69. The first-order valence-corrected chi connectivity index (χ1v) is 6.72. The molecule has 1 unspecified atom stereocenters. The molecular weight excluding hydrogens is 353 g/mol. The highest BCUT2D eigenvalue weighted by Gasteiger charge is 2.31. The number of nitrogens with one attached hydrogen (secondary N) is 1. The fourth-order valence-corrected chi connectivity index (χ4v) is 2.39. The summed E-state index contributed by atoms with van der Waals surface area (Å²) in [4.78, 5) is 0. The van der Waals surface area contributed by atoms with Gasteiger partial charge in [-0.15, -0.1) is 13.2 Å². The SMILES string of the molecule is NNC(Cc1ccc(OC(F)(F)F)cc1)c1ccoc1Br. The van der Waals surface area contributed by atoms with Crippen molar-refractivity contribution in [3.63, 3.8) is 0 Å². The summed E-state index contributed by atoms with van der Waals surface area (Å²) >= 11 is 3.26. The Kier molecular flexibility index (Phi) is 4.92. The summed E-state index contributed by atoms with van der Waals surface area (Å²) < 4.78 is 45.7. The van der Waals surface area contributed by atoms with Gasteiger partial charge in [0, 0.05) is 5.56 Å². The molecule has 0 radical (unpaired) electrons. The standard InChI is InChI=1S/C13H12BrF3N2O2/c14-12-10(5-6-20-12)11(19-18)7-8-1-3-9(4-2-8)21-13(15,16)17/h1-6,11,19H,7,18H2. The molecule has 1 heterocycles. The topological polar surface area (TPSA) is 60.4 Å². The van der Waals surface area contributed by atoms with Gasteiger partial charge in [0.2, 0.25) is 0 Å². The largest absolute Gasteiger partial charge is 0.573 e. The number of rotatable bonds is 5. The number of hydrazine groups is 1. The molecule has 0 saturated heterocycles. The van der Waals surface area contributed by atoms with Gasteiger partial charge in [0.05, 0.1) is 12.3 Å². The van der Waals surface area contributed by atoms with Gasteiger partial charge in [-0.05, 0) is 46.1 Å². The Morgan fingerprint density at radius 2 is 1.90 bits per heavy atom. The van der Waals surface area contributed by atoms with E-state index in [2.05, 4.69) is 26.1 Å². The van der Waals surface area contributed by atoms with Crippen molar-refractivity contribution in [1.29, 1.82) is 0 Å². The van der Waals surface area contributed by atoms with Crippen molar-refractivity contribution in [3.8, 4) is 5.75 Å². The maximum absolute atomic E-state index is 12.1. The van der Waals surface area contributed by atoms with E-state index in [1.807, 2.05) is 0 Å². The smallest absolute Gasteiger partial charge is 0.457 e. The lowest BCUT2D eigenvalue weighted by atomic mass is 10.0. The molecule has 0 amide bonds. The van der Waals surface area contributed by atoms with E-state index in [4.69, 9.17) is 10.3 Å². The zero-order valence-electron chi connectivity index (χ0n) is 10.7. The van der Waals surface area contributed by atoms with Crippen LogP contribution in [0.25, 0.3) is 0 Å². The molecule has 1 aromatic carbocycles. The minimum Gasteiger partial charge on any atom is -0.457 e. The Hall–Kier alpha value is -1.51. The molecule has 0 aliphatic carbocycles. The molecule has 0 bridgehead atoms. The second kappa shape index (κ2) is 6.50. The van der Waals surface area contributed by atoms with E-state index < -0.39 is 6.36 Å². The monoisotopic (exact) mass is 364 g/mol. The van der Waals surface area contributed by atoms with E-state index in [-0.39, 0.29) is 11.8 Å². The third-order valence-electron chi connectivity index (χ3n) is 2.82. The van der Waals surface area contributed by atoms with Gasteiger partial charge in [-0.1, -0.05) is 12.1 Å². The van der Waals surface area contributed by atoms with Crippen molar-refractivity contribution >= 4 is 15.9 Å². The molecule has 0 spiro atoms. The maximum Gasteiger partial charge on any atom is 0.573 e. The molecule has 0 aliphatic rings. The van der Waals surface area contributed by atoms with E-state index in [1.165, 1.54) is 18.4 Å². The number of nitrogens with two attached hydrogens (primary N) is 1. The van der Waals surface area contributed by atoms with Crippen molar-refractivity contribution in [2.24, 2.45) is 5.84 Å². The number of benzene rings is 1. The second-order valence-corrected chi connectivity index (χ2v) is 4.99. The average molecular weight is 365 g/mol. The zero-order chi connectivity index (χ0) is 15.5. The molecular formula is C13H12BrF3N2O2. The molecule has 0 aliphatic heterocycles. The molecule has 114 valence electrons. The summed E-state index contributed by atoms with van der Waals surface area (Å²) in [6.45, 7) is 0. The Balaban J connectivity index is 2.07. The number of hydrogen-bond acceptors (Lipinski definition) is 4. The number of furan rings is 1. The summed E-state index contributed by atoms with van der Waals surface area (Å²) in [7, 11) is 0. The molecule has 21 heavy (non-hydrogen) atoms. The van der Waals surface area contributed by atoms with Gasteiger partial charge in [-0.3, -0.25) is 11.3 Å². The molecule has 2 rings (SSSR count). The van der Waals surface area contributed by atoms with Crippen molar-refractivity contribution in [2.45, 2.75) is 18.8 Å². The van der Waals surface area contributed by atoms with Crippen LogP contribution in [-0.4, -0.2) is 6.36 Å². The maximum atomic E-state index is 12.1. The predicted octanol–water partition coefficient (Wildman–Crippen LogP) is 3.69. The Labute approximate surface area is 127 Å². The lowest BCUT2D eigenvalue weighted by molar-refractivity contribution is -0.274. The van der Waals surface area contributed by atoms with Crippen LogP contribution in [-0.2, 0) is 6.42 Å². The molecule has 0 fully saturated rings. The van der Waals surface area contributed by atoms with E-state index >= 15 is 0 Å². The van der Waals surface area contributed by atoms with Crippen LogP contribution < -0.4 is 16.0 Å². The van der Waals surface area contributed by atoms with Crippen LogP contribution >= 0.6 is 15.9 Å². The van der Waals surface area contributed by atoms with Crippen LogP contribution in [0.5, 0.6) is 5.75 Å². The van der Waals surface area contributed by atoms with E-state index in [0.29, 0.717) is 11.1 Å². The van der Waals surface area contributed by atoms with Gasteiger partial charge in [-0.25, -0.2) is 0 Å². The average Bonchev–Trinajstić information content (AvgIpc) is 2.82. The molecule has 1 aromatic heterocycles. The van der Waals surface area contributed by atoms with Crippen LogP contribution in [0.2, 0.25) is 0 Å². The lowest BCUT2D eigenvalue weighted by Gasteiger charge is -2.15. The Bertz CT molecular complexity index is 584. The minimum atomic E-state index is -4.69. The van der Waals surface area contributed by atoms with Crippen molar-refractivity contribution in [3.05, 3.63) is 52.4 Å². The van der Waals surface area contributed by atoms with Crippen LogP contribution in [0.15, 0.2) is 45.7 Å². The normalized spacial score (nSPS) is 13.2. The first-order valence-electron chi connectivity index (χ1n) is 5.93. The van der Waals surface area contributed by atoms with Crippen LogP contribution in [0.1, 0.15) is 17.2 Å². The summed E-state index contributed by atoms with van der Waals surface area (Å²) in [5, 5.41) is 0. The zero-order valence-corrected chi connectivity index (χ0v) is 12.2. The third kappa shape index (κ3) is 4.48. The lowest BCUT2D eigenvalue weighted by Crippen LogP contribution is -2.29. The quantitative estimate of drug-likeness (QED) is 0.627.